The van der Waals surface area contributed by atoms with Gasteiger partial charge in [-0.05, 0) is 55.9 Å². The van der Waals surface area contributed by atoms with E-state index in [1.165, 1.54) is 12.8 Å². The normalized spacial score (nSPS) is 15.5. The molecule has 1 unspecified atom stereocenters. The standard InChI is InChI=1S/C16H23BrN2O2/c17-13-6-8-14(9-7-13)21-10-2-1-3-16(20)19-15(11-18)12-4-5-12/h6-9,12,15H,1-5,10-11,18H2,(H,19,20). The molecule has 5 heteroatoms. The third-order valence-electron chi connectivity index (χ3n) is 3.67. The van der Waals surface area contributed by atoms with E-state index in [-0.39, 0.29) is 11.9 Å². The second kappa shape index (κ2) is 8.39. The topological polar surface area (TPSA) is 64.3 Å². The van der Waals surface area contributed by atoms with Crippen LogP contribution >= 0.6 is 15.9 Å². The SMILES string of the molecule is NCC(NC(=O)CCCCOc1ccc(Br)cc1)C1CC1. The molecule has 0 saturated heterocycles. The summed E-state index contributed by atoms with van der Waals surface area (Å²) in [6, 6.07) is 7.94. The molecule has 1 aliphatic carbocycles. The summed E-state index contributed by atoms with van der Waals surface area (Å²) in [6.45, 7) is 1.18. The average Bonchev–Trinajstić information content (AvgIpc) is 3.31. The zero-order valence-electron chi connectivity index (χ0n) is 12.2. The lowest BCUT2D eigenvalue weighted by Crippen LogP contribution is -2.41. The molecule has 3 N–H and O–H groups in total. The predicted octanol–water partition coefficient (Wildman–Crippen LogP) is 2.85. The molecule has 0 spiro atoms. The van der Waals surface area contributed by atoms with Crippen LogP contribution in [0.15, 0.2) is 28.7 Å². The fraction of sp³-hybridized carbons (Fsp3) is 0.562. The summed E-state index contributed by atoms with van der Waals surface area (Å²) in [5.41, 5.74) is 5.68. The van der Waals surface area contributed by atoms with Gasteiger partial charge in [-0.1, -0.05) is 15.9 Å². The molecule has 2 rings (SSSR count). The van der Waals surface area contributed by atoms with E-state index in [4.69, 9.17) is 10.5 Å². The fourth-order valence-corrected chi connectivity index (χ4v) is 2.52. The maximum atomic E-state index is 11.8. The Bertz CT molecular complexity index is 446. The van der Waals surface area contributed by atoms with E-state index in [1.807, 2.05) is 24.3 Å². The van der Waals surface area contributed by atoms with Gasteiger partial charge in [0, 0.05) is 23.5 Å². The quantitative estimate of drug-likeness (QED) is 0.670. The van der Waals surface area contributed by atoms with Crippen molar-refractivity contribution in [1.82, 2.24) is 5.32 Å². The summed E-state index contributed by atoms with van der Waals surface area (Å²) in [5.74, 6) is 1.58. The van der Waals surface area contributed by atoms with E-state index in [2.05, 4.69) is 21.2 Å². The minimum Gasteiger partial charge on any atom is -0.494 e. The molecule has 1 atom stereocenters. The molecule has 1 amide bonds. The first-order valence-corrected chi connectivity index (χ1v) is 8.36. The lowest BCUT2D eigenvalue weighted by atomic mass is 10.1. The van der Waals surface area contributed by atoms with Crippen molar-refractivity contribution < 1.29 is 9.53 Å². The van der Waals surface area contributed by atoms with Crippen LogP contribution in [-0.2, 0) is 4.79 Å². The zero-order valence-corrected chi connectivity index (χ0v) is 13.8. The summed E-state index contributed by atoms with van der Waals surface area (Å²) in [6.07, 6.45) is 4.66. The number of carbonyl (C=O) groups excluding carboxylic acids is 1. The van der Waals surface area contributed by atoms with Crippen molar-refractivity contribution in [3.63, 3.8) is 0 Å². The van der Waals surface area contributed by atoms with Gasteiger partial charge in [0.15, 0.2) is 0 Å². The lowest BCUT2D eigenvalue weighted by molar-refractivity contribution is -0.122. The summed E-state index contributed by atoms with van der Waals surface area (Å²) < 4.78 is 6.66. The Labute approximate surface area is 134 Å². The van der Waals surface area contributed by atoms with Crippen molar-refractivity contribution in [2.75, 3.05) is 13.2 Å². The Morgan fingerprint density at radius 3 is 2.67 bits per heavy atom. The van der Waals surface area contributed by atoms with Gasteiger partial charge in [0.25, 0.3) is 0 Å². The Hall–Kier alpha value is -1.07. The van der Waals surface area contributed by atoms with Crippen molar-refractivity contribution in [3.8, 4) is 5.75 Å². The highest BCUT2D eigenvalue weighted by Gasteiger charge is 2.30. The molecule has 0 bridgehead atoms. The predicted molar refractivity (Wildman–Crippen MR) is 87.2 cm³/mol. The number of amides is 1. The molecule has 1 aromatic carbocycles. The number of benzene rings is 1. The van der Waals surface area contributed by atoms with Crippen molar-refractivity contribution in [3.05, 3.63) is 28.7 Å². The van der Waals surface area contributed by atoms with E-state index in [0.717, 1.165) is 23.1 Å². The van der Waals surface area contributed by atoms with E-state index >= 15 is 0 Å². The molecule has 1 saturated carbocycles. The van der Waals surface area contributed by atoms with Gasteiger partial charge in [-0.15, -0.1) is 0 Å². The maximum Gasteiger partial charge on any atom is 0.220 e. The molecule has 4 nitrogen and oxygen atoms in total. The number of unbranched alkanes of at least 4 members (excludes halogenated alkanes) is 1. The van der Waals surface area contributed by atoms with Crippen LogP contribution in [0.5, 0.6) is 5.75 Å². The molecule has 1 aliphatic rings. The van der Waals surface area contributed by atoms with Crippen molar-refractivity contribution >= 4 is 21.8 Å². The number of rotatable bonds is 9. The fourth-order valence-electron chi connectivity index (χ4n) is 2.26. The third kappa shape index (κ3) is 6.06. The first-order chi connectivity index (χ1) is 10.2. The molecule has 0 aliphatic heterocycles. The van der Waals surface area contributed by atoms with Crippen LogP contribution in [0.25, 0.3) is 0 Å². The zero-order chi connectivity index (χ0) is 15.1. The number of ether oxygens (including phenoxy) is 1. The summed E-state index contributed by atoms with van der Waals surface area (Å²) in [5, 5.41) is 3.03. The molecular weight excluding hydrogens is 332 g/mol. The molecular formula is C16H23BrN2O2. The monoisotopic (exact) mass is 354 g/mol. The molecule has 0 radical (unpaired) electrons. The molecule has 1 fully saturated rings. The molecule has 0 aromatic heterocycles. The number of nitrogens with one attached hydrogen (secondary N) is 1. The van der Waals surface area contributed by atoms with Crippen molar-refractivity contribution in [1.29, 1.82) is 0 Å². The number of nitrogens with two attached hydrogens (primary N) is 1. The van der Waals surface area contributed by atoms with Gasteiger partial charge in [-0.25, -0.2) is 0 Å². The molecule has 1 aromatic rings. The van der Waals surface area contributed by atoms with Gasteiger partial charge >= 0.3 is 0 Å². The minimum atomic E-state index is 0.112. The molecule has 0 heterocycles. The Kier molecular flexibility index (Phi) is 6.51. The van der Waals surface area contributed by atoms with Gasteiger partial charge in [0.05, 0.1) is 6.61 Å². The van der Waals surface area contributed by atoms with E-state index < -0.39 is 0 Å². The van der Waals surface area contributed by atoms with Crippen LogP contribution in [0.3, 0.4) is 0 Å². The number of hydrogen-bond donors (Lipinski definition) is 2. The maximum absolute atomic E-state index is 11.8. The highest BCUT2D eigenvalue weighted by Crippen LogP contribution is 2.32. The highest BCUT2D eigenvalue weighted by atomic mass is 79.9. The van der Waals surface area contributed by atoms with Gasteiger partial charge in [0.1, 0.15) is 5.75 Å². The van der Waals surface area contributed by atoms with Crippen LogP contribution in [-0.4, -0.2) is 25.1 Å². The average molecular weight is 355 g/mol. The van der Waals surface area contributed by atoms with Crippen LogP contribution in [0.1, 0.15) is 32.1 Å². The minimum absolute atomic E-state index is 0.112. The van der Waals surface area contributed by atoms with Gasteiger partial charge in [0.2, 0.25) is 5.91 Å². The van der Waals surface area contributed by atoms with Crippen molar-refractivity contribution in [2.24, 2.45) is 11.7 Å². The van der Waals surface area contributed by atoms with E-state index in [1.54, 1.807) is 0 Å². The Balaban J connectivity index is 1.54. The Morgan fingerprint density at radius 1 is 1.33 bits per heavy atom. The summed E-state index contributed by atoms with van der Waals surface area (Å²) in [4.78, 5) is 11.8. The number of hydrogen-bond acceptors (Lipinski definition) is 3. The van der Waals surface area contributed by atoms with Crippen LogP contribution in [0.2, 0.25) is 0 Å². The third-order valence-corrected chi connectivity index (χ3v) is 4.20. The van der Waals surface area contributed by atoms with Gasteiger partial charge < -0.3 is 15.8 Å². The first-order valence-electron chi connectivity index (χ1n) is 7.57. The number of halogens is 1. The highest BCUT2D eigenvalue weighted by molar-refractivity contribution is 9.10. The van der Waals surface area contributed by atoms with Crippen LogP contribution < -0.4 is 15.8 Å². The van der Waals surface area contributed by atoms with Gasteiger partial charge in [-0.2, -0.15) is 0 Å². The first kappa shape index (κ1) is 16.3. The van der Waals surface area contributed by atoms with Crippen molar-refractivity contribution in [2.45, 2.75) is 38.1 Å². The Morgan fingerprint density at radius 2 is 2.05 bits per heavy atom. The number of carbonyl (C=O) groups is 1. The second-order valence-corrected chi connectivity index (χ2v) is 6.42. The largest absolute Gasteiger partial charge is 0.494 e. The van der Waals surface area contributed by atoms with Crippen LogP contribution in [0.4, 0.5) is 0 Å². The van der Waals surface area contributed by atoms with Crippen LogP contribution in [0, 0.1) is 5.92 Å². The second-order valence-electron chi connectivity index (χ2n) is 5.51. The molecule has 21 heavy (non-hydrogen) atoms. The van der Waals surface area contributed by atoms with Gasteiger partial charge in [-0.3, -0.25) is 4.79 Å². The summed E-state index contributed by atoms with van der Waals surface area (Å²) >= 11 is 3.39. The van der Waals surface area contributed by atoms with E-state index in [0.29, 0.717) is 25.5 Å². The molecule has 116 valence electrons. The van der Waals surface area contributed by atoms with E-state index in [9.17, 15) is 4.79 Å². The smallest absolute Gasteiger partial charge is 0.220 e. The lowest BCUT2D eigenvalue weighted by Gasteiger charge is -2.15. The summed E-state index contributed by atoms with van der Waals surface area (Å²) in [7, 11) is 0.